The van der Waals surface area contributed by atoms with Gasteiger partial charge in [0.2, 0.25) is 0 Å². The number of rotatable bonds is 2. The molecule has 0 aromatic heterocycles. The van der Waals surface area contributed by atoms with E-state index in [0.29, 0.717) is 22.9 Å². The number of hydrogen-bond acceptors (Lipinski definition) is 5. The number of amides is 1. The maximum Gasteiger partial charge on any atom is 0.271 e. The summed E-state index contributed by atoms with van der Waals surface area (Å²) in [5.74, 6) is 0.344. The third kappa shape index (κ3) is 2.84. The Bertz CT molecular complexity index is 1060. The fraction of sp³-hybridized carbons (Fsp3) is 0.615. The van der Waals surface area contributed by atoms with E-state index >= 15 is 0 Å². The topological polar surface area (TPSA) is 80.2 Å². The highest BCUT2D eigenvalue weighted by molar-refractivity contribution is 6.30. The molecule has 1 aromatic carbocycles. The third-order valence-electron chi connectivity index (χ3n) is 9.76. The van der Waals surface area contributed by atoms with E-state index in [2.05, 4.69) is 36.5 Å². The molecule has 1 aromatic rings. The molecule has 1 amide bonds. The number of halogens is 1. The number of carbonyl (C=O) groups excluding carboxylic acids is 1. The van der Waals surface area contributed by atoms with Crippen molar-refractivity contribution >= 4 is 23.2 Å². The predicted octanol–water partition coefficient (Wildman–Crippen LogP) is 4.81. The lowest BCUT2D eigenvalue weighted by Crippen LogP contribution is -2.73. The van der Waals surface area contributed by atoms with E-state index in [-0.39, 0.29) is 28.8 Å². The van der Waals surface area contributed by atoms with Crippen LogP contribution in [0.3, 0.4) is 0 Å². The van der Waals surface area contributed by atoms with Crippen LogP contribution < -0.4 is 5.43 Å². The maximum atomic E-state index is 12.6. The quantitative estimate of drug-likeness (QED) is 0.369. The molecule has 3 saturated carbocycles. The van der Waals surface area contributed by atoms with Gasteiger partial charge in [-0.25, -0.2) is 15.2 Å². The van der Waals surface area contributed by atoms with Gasteiger partial charge in [-0.15, -0.1) is 0 Å². The zero-order valence-electron chi connectivity index (χ0n) is 19.1. The van der Waals surface area contributed by atoms with Crippen molar-refractivity contribution < 1.29 is 19.7 Å². The Morgan fingerprint density at radius 3 is 2.61 bits per heavy atom. The van der Waals surface area contributed by atoms with Crippen LogP contribution in [0.4, 0.5) is 0 Å². The first-order valence-corrected chi connectivity index (χ1v) is 12.5. The van der Waals surface area contributed by atoms with Crippen LogP contribution in [-0.2, 0) is 9.78 Å². The van der Waals surface area contributed by atoms with E-state index in [1.807, 2.05) is 0 Å². The van der Waals surface area contributed by atoms with E-state index in [9.17, 15) is 9.90 Å². The lowest BCUT2D eigenvalue weighted by molar-refractivity contribution is -0.496. The normalized spacial score (nSPS) is 46.5. The van der Waals surface area contributed by atoms with E-state index in [1.54, 1.807) is 24.3 Å². The number of hydrazone groups is 1. The summed E-state index contributed by atoms with van der Waals surface area (Å²) in [6.45, 7) is 4.60. The number of carbonyl (C=O) groups is 1. The standard InChI is InChI=1S/C26H31ClN2O4/c1-23-11-10-20-24(2)12-9-18(30)15-25(24)13-14-26(20,33-32-25)19(23)7-8-21(23)28-29-22(31)16-3-5-17(27)6-4-16/h3-6,13-14,18-20,30H,7-12,15H2,1-2H3,(H,29,31)/b28-21+/t18-,19+,20+,23-,24+,25+,26-/m0/s1. The van der Waals surface area contributed by atoms with Gasteiger partial charge in [0, 0.05) is 45.4 Å². The highest BCUT2D eigenvalue weighted by Crippen LogP contribution is 2.70. The lowest BCUT2D eigenvalue weighted by Gasteiger charge is -2.69. The van der Waals surface area contributed by atoms with Crippen molar-refractivity contribution in [3.05, 3.63) is 47.0 Å². The third-order valence-corrected chi connectivity index (χ3v) is 10.0. The molecule has 2 N–H and O–H groups in total. The Balaban J connectivity index is 1.29. The van der Waals surface area contributed by atoms with Gasteiger partial charge in [0.25, 0.3) is 5.91 Å². The second-order valence-electron chi connectivity index (χ2n) is 11.2. The summed E-state index contributed by atoms with van der Waals surface area (Å²) in [4.78, 5) is 25.1. The molecule has 0 unspecified atom stereocenters. The van der Waals surface area contributed by atoms with E-state index in [4.69, 9.17) is 21.4 Å². The van der Waals surface area contributed by atoms with Gasteiger partial charge in [-0.3, -0.25) is 4.79 Å². The van der Waals surface area contributed by atoms with Gasteiger partial charge in [-0.05, 0) is 68.9 Å². The van der Waals surface area contributed by atoms with Crippen LogP contribution in [0.25, 0.3) is 0 Å². The van der Waals surface area contributed by atoms with Crippen molar-refractivity contribution in [3.8, 4) is 0 Å². The fourth-order valence-electron chi connectivity index (χ4n) is 7.86. The van der Waals surface area contributed by atoms with Crippen molar-refractivity contribution in [3.63, 3.8) is 0 Å². The molecule has 2 heterocycles. The Labute approximate surface area is 199 Å². The minimum Gasteiger partial charge on any atom is -0.393 e. The molecular formula is C26H31ClN2O4. The van der Waals surface area contributed by atoms with Gasteiger partial charge in [0.1, 0.15) is 11.2 Å². The molecule has 176 valence electrons. The van der Waals surface area contributed by atoms with Crippen LogP contribution in [0.1, 0.15) is 69.2 Å². The predicted molar refractivity (Wildman–Crippen MR) is 125 cm³/mol. The molecule has 4 fully saturated rings. The van der Waals surface area contributed by atoms with Crippen LogP contribution in [0.5, 0.6) is 0 Å². The molecule has 2 bridgehead atoms. The van der Waals surface area contributed by atoms with Gasteiger partial charge in [-0.1, -0.05) is 31.5 Å². The van der Waals surface area contributed by atoms with Crippen LogP contribution in [-0.4, -0.2) is 34.0 Å². The zero-order valence-corrected chi connectivity index (χ0v) is 19.9. The smallest absolute Gasteiger partial charge is 0.271 e. The highest BCUT2D eigenvalue weighted by Gasteiger charge is 2.74. The second kappa shape index (κ2) is 7.14. The minimum atomic E-state index is -0.535. The van der Waals surface area contributed by atoms with Crippen LogP contribution >= 0.6 is 11.6 Å². The first-order chi connectivity index (χ1) is 15.7. The minimum absolute atomic E-state index is 0.0523. The summed E-state index contributed by atoms with van der Waals surface area (Å²) in [6, 6.07) is 6.82. The van der Waals surface area contributed by atoms with Crippen molar-refractivity contribution in [1.29, 1.82) is 0 Å². The summed E-state index contributed by atoms with van der Waals surface area (Å²) >= 11 is 5.94. The number of hydrogen-bond donors (Lipinski definition) is 2. The van der Waals surface area contributed by atoms with Crippen molar-refractivity contribution in [2.75, 3.05) is 0 Å². The molecule has 6 nitrogen and oxygen atoms in total. The molecule has 7 atom stereocenters. The van der Waals surface area contributed by atoms with Crippen LogP contribution in [0.15, 0.2) is 41.5 Å². The summed E-state index contributed by atoms with van der Waals surface area (Å²) in [6.07, 6.45) is 10.2. The Kier molecular flexibility index (Phi) is 4.71. The van der Waals surface area contributed by atoms with Crippen molar-refractivity contribution in [2.24, 2.45) is 27.8 Å². The van der Waals surface area contributed by atoms with Crippen molar-refractivity contribution in [2.45, 2.75) is 76.1 Å². The molecule has 1 saturated heterocycles. The highest BCUT2D eigenvalue weighted by atomic mass is 35.5. The van der Waals surface area contributed by atoms with Gasteiger partial charge >= 0.3 is 0 Å². The molecule has 2 aliphatic heterocycles. The van der Waals surface area contributed by atoms with Gasteiger partial charge < -0.3 is 5.11 Å². The molecule has 2 spiro atoms. The average Bonchev–Trinajstić information content (AvgIpc) is 3.15. The Morgan fingerprint density at radius 2 is 1.88 bits per heavy atom. The van der Waals surface area contributed by atoms with E-state index < -0.39 is 11.2 Å². The number of nitrogens with one attached hydrogen (secondary N) is 1. The number of fused-ring (bicyclic) bond motifs is 2. The van der Waals surface area contributed by atoms with E-state index in [0.717, 1.165) is 44.2 Å². The first-order valence-electron chi connectivity index (χ1n) is 12.1. The molecule has 33 heavy (non-hydrogen) atoms. The zero-order chi connectivity index (χ0) is 23.1. The number of aliphatic hydroxyl groups excluding tert-OH is 1. The van der Waals surface area contributed by atoms with Crippen molar-refractivity contribution in [1.82, 2.24) is 5.43 Å². The number of aliphatic hydroxyl groups is 1. The van der Waals surface area contributed by atoms with Gasteiger partial charge in [-0.2, -0.15) is 5.10 Å². The molecule has 0 radical (unpaired) electrons. The first kappa shape index (κ1) is 21.8. The monoisotopic (exact) mass is 470 g/mol. The summed E-state index contributed by atoms with van der Waals surface area (Å²) < 4.78 is 0. The largest absolute Gasteiger partial charge is 0.393 e. The Hall–Kier alpha value is -1.73. The summed E-state index contributed by atoms with van der Waals surface area (Å²) in [5.41, 5.74) is 3.11. The fourth-order valence-corrected chi connectivity index (χ4v) is 7.99. The lowest BCUT2D eigenvalue weighted by atomic mass is 9.43. The Morgan fingerprint density at radius 1 is 1.09 bits per heavy atom. The summed E-state index contributed by atoms with van der Waals surface area (Å²) in [7, 11) is 0. The number of benzene rings is 1. The maximum absolute atomic E-state index is 12.6. The molecule has 4 aliphatic carbocycles. The molecule has 7 rings (SSSR count). The molecule has 6 aliphatic rings. The van der Waals surface area contributed by atoms with Gasteiger partial charge in [0.05, 0.1) is 6.10 Å². The molecule has 7 heteroatoms. The van der Waals surface area contributed by atoms with Crippen LogP contribution in [0, 0.1) is 22.7 Å². The average molecular weight is 471 g/mol. The summed E-state index contributed by atoms with van der Waals surface area (Å²) in [5, 5.41) is 15.6. The molecular weight excluding hydrogens is 440 g/mol. The van der Waals surface area contributed by atoms with Gasteiger partial charge in [0.15, 0.2) is 0 Å². The SMILES string of the molecule is C[C@]12CC[C@H]3[C@]4(C=C[C@]5(C[C@@H](O)CC[C@]35C)OO4)[C@@H]1CC/C2=N\NC(=O)c1ccc(Cl)cc1. The second-order valence-corrected chi connectivity index (χ2v) is 11.6. The number of nitrogens with zero attached hydrogens (tertiary/aromatic N) is 1. The van der Waals surface area contributed by atoms with E-state index in [1.165, 1.54) is 0 Å². The van der Waals surface area contributed by atoms with Crippen LogP contribution in [0.2, 0.25) is 5.02 Å².